The van der Waals surface area contributed by atoms with Crippen LogP contribution in [-0.2, 0) is 11.3 Å². The number of amides is 3. The molecule has 2 aromatic carbocycles. The largest absolute Gasteiger partial charge is 0.573 e. The van der Waals surface area contributed by atoms with Gasteiger partial charge in [0.1, 0.15) is 5.75 Å². The van der Waals surface area contributed by atoms with E-state index in [1.54, 1.807) is 43.0 Å². The lowest BCUT2D eigenvalue weighted by molar-refractivity contribution is -0.274. The fourth-order valence-electron chi connectivity index (χ4n) is 5.32. The smallest absolute Gasteiger partial charge is 0.481 e. The summed E-state index contributed by atoms with van der Waals surface area (Å²) >= 11 is 0. The summed E-state index contributed by atoms with van der Waals surface area (Å²) in [6, 6.07) is 11.3. The van der Waals surface area contributed by atoms with Crippen LogP contribution in [0.1, 0.15) is 82.6 Å². The molecule has 42 heavy (non-hydrogen) atoms. The SMILES string of the molecule is CC(C)(CC(=O)O)NC(=O)c1ccc(CN(C(=O)Nc2ccc(OC(F)(F)F)cc2)C2CCC(C(C)(C)C)CC2)cc1. The van der Waals surface area contributed by atoms with Gasteiger partial charge in [0.2, 0.25) is 0 Å². The van der Waals surface area contributed by atoms with Crippen LogP contribution in [0.5, 0.6) is 5.75 Å². The molecule has 0 atom stereocenters. The average Bonchev–Trinajstić information content (AvgIpc) is 2.86. The van der Waals surface area contributed by atoms with Crippen molar-refractivity contribution >= 4 is 23.6 Å². The average molecular weight is 592 g/mol. The lowest BCUT2D eigenvalue weighted by atomic mass is 9.71. The number of benzene rings is 2. The van der Waals surface area contributed by atoms with E-state index in [-0.39, 0.29) is 36.2 Å². The molecule has 0 spiro atoms. The first-order valence-corrected chi connectivity index (χ1v) is 14.0. The topological polar surface area (TPSA) is 108 Å². The second-order valence-electron chi connectivity index (χ2n) is 12.6. The van der Waals surface area contributed by atoms with Gasteiger partial charge in [-0.15, -0.1) is 13.2 Å². The summed E-state index contributed by atoms with van der Waals surface area (Å²) in [5.41, 5.74) is 0.713. The molecule has 3 amide bonds. The summed E-state index contributed by atoms with van der Waals surface area (Å²) in [7, 11) is 0. The number of rotatable bonds is 9. The summed E-state index contributed by atoms with van der Waals surface area (Å²) in [5.74, 6) is -1.27. The van der Waals surface area contributed by atoms with Gasteiger partial charge in [0, 0.05) is 29.4 Å². The Labute approximate surface area is 244 Å². The number of nitrogens with zero attached hydrogens (tertiary/aromatic N) is 1. The fourth-order valence-corrected chi connectivity index (χ4v) is 5.32. The van der Waals surface area contributed by atoms with Crippen molar-refractivity contribution in [3.05, 3.63) is 59.7 Å². The number of hydrogen-bond acceptors (Lipinski definition) is 4. The first-order chi connectivity index (χ1) is 19.4. The number of urea groups is 1. The van der Waals surface area contributed by atoms with Crippen LogP contribution < -0.4 is 15.4 Å². The third-order valence-corrected chi connectivity index (χ3v) is 7.58. The van der Waals surface area contributed by atoms with E-state index in [1.807, 2.05) is 0 Å². The maximum atomic E-state index is 13.5. The van der Waals surface area contributed by atoms with E-state index in [0.29, 0.717) is 17.2 Å². The van der Waals surface area contributed by atoms with Gasteiger partial charge < -0.3 is 25.4 Å². The fraction of sp³-hybridized carbons (Fsp3) is 0.516. The van der Waals surface area contributed by atoms with Gasteiger partial charge in [-0.05, 0) is 92.8 Å². The van der Waals surface area contributed by atoms with E-state index in [4.69, 9.17) is 5.11 Å². The lowest BCUT2D eigenvalue weighted by Gasteiger charge is -2.41. The van der Waals surface area contributed by atoms with Gasteiger partial charge in [0.05, 0.1) is 6.42 Å². The van der Waals surface area contributed by atoms with E-state index in [0.717, 1.165) is 43.4 Å². The van der Waals surface area contributed by atoms with Crippen LogP contribution in [0.25, 0.3) is 0 Å². The van der Waals surface area contributed by atoms with E-state index < -0.39 is 23.8 Å². The second-order valence-corrected chi connectivity index (χ2v) is 12.6. The molecule has 1 saturated carbocycles. The minimum absolute atomic E-state index is 0.0452. The second kappa shape index (κ2) is 13.0. The number of carbonyl (C=O) groups is 3. The Bertz CT molecular complexity index is 1230. The monoisotopic (exact) mass is 591 g/mol. The number of halogens is 3. The quantitative estimate of drug-likeness (QED) is 0.286. The van der Waals surface area contributed by atoms with Crippen molar-refractivity contribution < 1.29 is 37.4 Å². The van der Waals surface area contributed by atoms with Crippen LogP contribution in [0.3, 0.4) is 0 Å². The Morgan fingerprint density at radius 3 is 1.98 bits per heavy atom. The molecule has 0 aliphatic heterocycles. The number of ether oxygens (including phenoxy) is 1. The first kappa shape index (κ1) is 32.8. The molecule has 230 valence electrons. The van der Waals surface area contributed by atoms with Crippen molar-refractivity contribution in [2.24, 2.45) is 11.3 Å². The van der Waals surface area contributed by atoms with E-state index in [9.17, 15) is 27.6 Å². The lowest BCUT2D eigenvalue weighted by Crippen LogP contribution is -2.45. The highest BCUT2D eigenvalue weighted by atomic mass is 19.4. The molecule has 1 aliphatic rings. The Morgan fingerprint density at radius 2 is 1.48 bits per heavy atom. The Morgan fingerprint density at radius 1 is 0.905 bits per heavy atom. The number of carboxylic acids is 1. The van der Waals surface area contributed by atoms with Crippen molar-refractivity contribution in [1.29, 1.82) is 0 Å². The molecule has 0 unspecified atom stereocenters. The molecule has 0 saturated heterocycles. The van der Waals surface area contributed by atoms with Crippen LogP contribution in [0, 0.1) is 11.3 Å². The Hall–Kier alpha value is -3.76. The molecular weight excluding hydrogens is 551 g/mol. The zero-order valence-corrected chi connectivity index (χ0v) is 24.7. The maximum Gasteiger partial charge on any atom is 0.573 e. The van der Waals surface area contributed by atoms with Crippen LogP contribution in [0.4, 0.5) is 23.7 Å². The van der Waals surface area contributed by atoms with Gasteiger partial charge in [0.15, 0.2) is 0 Å². The zero-order valence-electron chi connectivity index (χ0n) is 24.7. The molecule has 11 heteroatoms. The molecule has 1 aliphatic carbocycles. The minimum Gasteiger partial charge on any atom is -0.481 e. The first-order valence-electron chi connectivity index (χ1n) is 14.0. The van der Waals surface area contributed by atoms with Crippen molar-refractivity contribution in [3.8, 4) is 5.75 Å². The number of carboxylic acid groups (broad SMARTS) is 1. The summed E-state index contributed by atoms with van der Waals surface area (Å²) in [6.07, 6.45) is -1.48. The van der Waals surface area contributed by atoms with Crippen LogP contribution in [-0.4, -0.2) is 45.9 Å². The summed E-state index contributed by atoms with van der Waals surface area (Å²) < 4.78 is 41.5. The summed E-state index contributed by atoms with van der Waals surface area (Å²) in [4.78, 5) is 39.0. The highest BCUT2D eigenvalue weighted by Crippen LogP contribution is 2.39. The van der Waals surface area contributed by atoms with Gasteiger partial charge in [0.25, 0.3) is 5.91 Å². The molecular formula is C31H40F3N3O5. The van der Waals surface area contributed by atoms with E-state index in [1.165, 1.54) is 12.1 Å². The maximum absolute atomic E-state index is 13.5. The normalized spacial score (nSPS) is 17.7. The van der Waals surface area contributed by atoms with Crippen molar-refractivity contribution in [1.82, 2.24) is 10.2 Å². The van der Waals surface area contributed by atoms with E-state index >= 15 is 0 Å². The third kappa shape index (κ3) is 9.95. The van der Waals surface area contributed by atoms with Gasteiger partial charge in [-0.2, -0.15) is 0 Å². The molecule has 8 nitrogen and oxygen atoms in total. The molecule has 0 heterocycles. The van der Waals surface area contributed by atoms with Gasteiger partial charge in [-0.1, -0.05) is 32.9 Å². The van der Waals surface area contributed by atoms with Gasteiger partial charge in [-0.3, -0.25) is 9.59 Å². The predicted octanol–water partition coefficient (Wildman–Crippen LogP) is 7.21. The molecule has 2 aromatic rings. The Balaban J connectivity index is 1.75. The minimum atomic E-state index is -4.81. The van der Waals surface area contributed by atoms with E-state index in [2.05, 4.69) is 36.1 Å². The van der Waals surface area contributed by atoms with Crippen LogP contribution in [0.2, 0.25) is 0 Å². The van der Waals surface area contributed by atoms with Crippen molar-refractivity contribution in [2.45, 2.75) is 91.2 Å². The number of nitrogens with one attached hydrogen (secondary N) is 2. The highest BCUT2D eigenvalue weighted by molar-refractivity contribution is 5.95. The highest BCUT2D eigenvalue weighted by Gasteiger charge is 2.34. The van der Waals surface area contributed by atoms with Crippen molar-refractivity contribution in [2.75, 3.05) is 5.32 Å². The molecule has 1 fully saturated rings. The standard InChI is InChI=1S/C31H40F3N3O5/c1-29(2,3)22-10-14-24(15-11-22)37(28(41)35-23-12-16-25(17-13-23)42-31(32,33)34)19-20-6-8-21(9-7-20)27(40)36-30(4,5)18-26(38)39/h6-9,12-13,16-17,22,24H,10-11,14-15,18-19H2,1-5H3,(H,35,41)(H,36,40)(H,38,39). The number of aliphatic carboxylic acids is 1. The van der Waals surface area contributed by atoms with Crippen LogP contribution >= 0.6 is 0 Å². The number of carbonyl (C=O) groups excluding carboxylic acids is 2. The molecule has 0 radical (unpaired) electrons. The Kier molecular flexibility index (Phi) is 10.2. The number of hydrogen-bond donors (Lipinski definition) is 3. The number of anilines is 1. The van der Waals surface area contributed by atoms with Crippen molar-refractivity contribution in [3.63, 3.8) is 0 Å². The molecule has 0 aromatic heterocycles. The molecule has 3 N–H and O–H groups in total. The predicted molar refractivity (Wildman–Crippen MR) is 153 cm³/mol. The zero-order chi connectivity index (χ0) is 31.3. The molecule has 3 rings (SSSR count). The summed E-state index contributed by atoms with van der Waals surface area (Å²) in [6.45, 7) is 10.2. The van der Waals surface area contributed by atoms with Crippen LogP contribution in [0.15, 0.2) is 48.5 Å². The van der Waals surface area contributed by atoms with Gasteiger partial charge >= 0.3 is 18.4 Å². The number of alkyl halides is 3. The third-order valence-electron chi connectivity index (χ3n) is 7.58. The summed E-state index contributed by atoms with van der Waals surface area (Å²) in [5, 5.41) is 14.6. The molecule has 0 bridgehead atoms. The van der Waals surface area contributed by atoms with Gasteiger partial charge in [-0.25, -0.2) is 4.79 Å².